The maximum Gasteiger partial charge on any atom is 0.336 e. The van der Waals surface area contributed by atoms with Crippen LogP contribution in [0, 0.1) is 5.92 Å². The molecule has 1 amide bonds. The summed E-state index contributed by atoms with van der Waals surface area (Å²) in [4.78, 5) is 35.9. The lowest BCUT2D eigenvalue weighted by molar-refractivity contribution is -0.116. The van der Waals surface area contributed by atoms with Crippen LogP contribution in [0.3, 0.4) is 0 Å². The molecule has 0 aliphatic heterocycles. The van der Waals surface area contributed by atoms with Crippen molar-refractivity contribution in [1.82, 2.24) is 0 Å². The van der Waals surface area contributed by atoms with Gasteiger partial charge in [0.2, 0.25) is 5.91 Å². The van der Waals surface area contributed by atoms with E-state index in [0.717, 1.165) is 10.9 Å². The zero-order chi connectivity index (χ0) is 21.7. The highest BCUT2D eigenvalue weighted by atomic mass is 16.5. The molecule has 156 valence electrons. The fraction of sp³-hybridized carbons (Fsp3) is 0.292. The van der Waals surface area contributed by atoms with E-state index in [1.807, 2.05) is 26.8 Å². The summed E-state index contributed by atoms with van der Waals surface area (Å²) in [5.41, 5.74) is 2.07. The van der Waals surface area contributed by atoms with Crippen LogP contribution in [0.1, 0.15) is 43.1 Å². The number of ketones is 1. The Morgan fingerprint density at radius 1 is 1.07 bits per heavy atom. The van der Waals surface area contributed by atoms with Crippen LogP contribution >= 0.6 is 0 Å². The van der Waals surface area contributed by atoms with Crippen LogP contribution < -0.4 is 15.7 Å². The molecule has 0 saturated carbocycles. The predicted molar refractivity (Wildman–Crippen MR) is 116 cm³/mol. The molecule has 1 aromatic heterocycles. The van der Waals surface area contributed by atoms with E-state index in [4.69, 9.17) is 9.15 Å². The van der Waals surface area contributed by atoms with Gasteiger partial charge in [-0.2, -0.15) is 0 Å². The SMILES string of the molecule is CCc1cc(=O)oc2cc(OCC(=O)c3ccc(NC(=O)CC(C)C)cc3)ccc12. The highest BCUT2D eigenvalue weighted by molar-refractivity contribution is 5.98. The first-order chi connectivity index (χ1) is 14.4. The molecule has 0 saturated heterocycles. The molecule has 1 N–H and O–H groups in total. The van der Waals surface area contributed by atoms with Gasteiger partial charge >= 0.3 is 5.63 Å². The number of hydrogen-bond acceptors (Lipinski definition) is 5. The second kappa shape index (κ2) is 9.39. The molecule has 1 heterocycles. The van der Waals surface area contributed by atoms with Crippen LogP contribution in [0.25, 0.3) is 11.0 Å². The van der Waals surface area contributed by atoms with Crippen molar-refractivity contribution in [2.45, 2.75) is 33.6 Å². The largest absolute Gasteiger partial charge is 0.485 e. The third-order valence-electron chi connectivity index (χ3n) is 4.64. The van der Waals surface area contributed by atoms with Crippen LogP contribution in [0.15, 0.2) is 57.7 Å². The summed E-state index contributed by atoms with van der Waals surface area (Å²) in [6.07, 6.45) is 1.16. The van der Waals surface area contributed by atoms with E-state index in [9.17, 15) is 14.4 Å². The average Bonchev–Trinajstić information content (AvgIpc) is 2.70. The lowest BCUT2D eigenvalue weighted by atomic mass is 10.1. The fourth-order valence-electron chi connectivity index (χ4n) is 3.15. The molecular weight excluding hydrogens is 382 g/mol. The first kappa shape index (κ1) is 21.3. The van der Waals surface area contributed by atoms with Crippen molar-refractivity contribution in [2.75, 3.05) is 11.9 Å². The fourth-order valence-corrected chi connectivity index (χ4v) is 3.15. The molecular formula is C24H25NO5. The topological polar surface area (TPSA) is 85.6 Å². The Morgan fingerprint density at radius 2 is 1.80 bits per heavy atom. The van der Waals surface area contributed by atoms with Crippen molar-refractivity contribution in [3.8, 4) is 5.75 Å². The summed E-state index contributed by atoms with van der Waals surface area (Å²) in [5, 5.41) is 3.66. The van der Waals surface area contributed by atoms with Gasteiger partial charge in [0, 0.05) is 35.2 Å². The van der Waals surface area contributed by atoms with Gasteiger partial charge in [-0.25, -0.2) is 4.79 Å². The number of aryl methyl sites for hydroxylation is 1. The minimum atomic E-state index is -0.409. The number of amides is 1. The normalized spacial score (nSPS) is 10.9. The molecule has 0 aliphatic rings. The molecule has 3 rings (SSSR count). The molecule has 0 fully saturated rings. The van der Waals surface area contributed by atoms with E-state index in [-0.39, 0.29) is 24.2 Å². The van der Waals surface area contributed by atoms with Crippen molar-refractivity contribution < 1.29 is 18.7 Å². The van der Waals surface area contributed by atoms with E-state index < -0.39 is 5.63 Å². The van der Waals surface area contributed by atoms with Gasteiger partial charge in [0.05, 0.1) is 0 Å². The number of hydrogen-bond donors (Lipinski definition) is 1. The monoisotopic (exact) mass is 407 g/mol. The van der Waals surface area contributed by atoms with E-state index in [2.05, 4.69) is 5.32 Å². The zero-order valence-corrected chi connectivity index (χ0v) is 17.4. The van der Waals surface area contributed by atoms with Gasteiger partial charge in [0.25, 0.3) is 0 Å². The lowest BCUT2D eigenvalue weighted by Gasteiger charge is -2.09. The molecule has 30 heavy (non-hydrogen) atoms. The van der Waals surface area contributed by atoms with Gasteiger partial charge in [-0.3, -0.25) is 9.59 Å². The molecule has 6 heteroatoms. The molecule has 0 radical (unpaired) electrons. The van der Waals surface area contributed by atoms with Crippen molar-refractivity contribution in [1.29, 1.82) is 0 Å². The zero-order valence-electron chi connectivity index (χ0n) is 17.4. The van der Waals surface area contributed by atoms with E-state index in [1.54, 1.807) is 36.4 Å². The minimum absolute atomic E-state index is 0.0541. The first-order valence-electron chi connectivity index (χ1n) is 9.98. The Labute approximate surface area is 174 Å². The maximum atomic E-state index is 12.4. The summed E-state index contributed by atoms with van der Waals surface area (Å²) in [6, 6.07) is 13.4. The van der Waals surface area contributed by atoms with E-state index in [1.165, 1.54) is 6.07 Å². The van der Waals surface area contributed by atoms with Crippen molar-refractivity contribution in [3.05, 3.63) is 70.1 Å². The molecule has 3 aromatic rings. The van der Waals surface area contributed by atoms with Crippen LogP contribution in [0.2, 0.25) is 0 Å². The third-order valence-corrected chi connectivity index (χ3v) is 4.64. The number of fused-ring (bicyclic) bond motifs is 1. The van der Waals surface area contributed by atoms with Crippen LogP contribution in [-0.4, -0.2) is 18.3 Å². The van der Waals surface area contributed by atoms with Crippen LogP contribution in [0.4, 0.5) is 5.69 Å². The predicted octanol–water partition coefficient (Wildman–Crippen LogP) is 4.60. The van der Waals surface area contributed by atoms with E-state index >= 15 is 0 Å². The van der Waals surface area contributed by atoms with Gasteiger partial charge in [-0.1, -0.05) is 20.8 Å². The Bertz CT molecular complexity index is 1110. The van der Waals surface area contributed by atoms with E-state index in [0.29, 0.717) is 35.4 Å². The minimum Gasteiger partial charge on any atom is -0.485 e. The van der Waals surface area contributed by atoms with Gasteiger partial charge in [-0.15, -0.1) is 0 Å². The second-order valence-electron chi connectivity index (χ2n) is 7.54. The summed E-state index contributed by atoms with van der Waals surface area (Å²) < 4.78 is 10.9. The van der Waals surface area contributed by atoms with Crippen LogP contribution in [0.5, 0.6) is 5.75 Å². The number of anilines is 1. The molecule has 6 nitrogen and oxygen atoms in total. The molecule has 0 aliphatic carbocycles. The van der Waals surface area contributed by atoms with Gasteiger partial charge in [-0.05, 0) is 54.3 Å². The number of ether oxygens (including phenoxy) is 1. The van der Waals surface area contributed by atoms with Crippen molar-refractivity contribution in [2.24, 2.45) is 5.92 Å². The summed E-state index contributed by atoms with van der Waals surface area (Å²) in [7, 11) is 0. The summed E-state index contributed by atoms with van der Waals surface area (Å²) in [5.74, 6) is 0.477. The highest BCUT2D eigenvalue weighted by Gasteiger charge is 2.10. The number of carbonyl (C=O) groups is 2. The van der Waals surface area contributed by atoms with Crippen molar-refractivity contribution >= 4 is 28.3 Å². The van der Waals surface area contributed by atoms with Crippen molar-refractivity contribution in [3.63, 3.8) is 0 Å². The number of benzene rings is 2. The number of nitrogens with one attached hydrogen (secondary N) is 1. The molecule has 2 aromatic carbocycles. The Balaban J connectivity index is 1.64. The Morgan fingerprint density at radius 3 is 2.47 bits per heavy atom. The van der Waals surface area contributed by atoms with Gasteiger partial charge < -0.3 is 14.5 Å². The van der Waals surface area contributed by atoms with Gasteiger partial charge in [0.1, 0.15) is 11.3 Å². The Hall–Kier alpha value is -3.41. The summed E-state index contributed by atoms with van der Waals surface area (Å²) in [6.45, 7) is 5.78. The third kappa shape index (κ3) is 5.35. The Kier molecular flexibility index (Phi) is 6.67. The molecule has 0 spiro atoms. The first-order valence-corrected chi connectivity index (χ1v) is 9.98. The smallest absolute Gasteiger partial charge is 0.336 e. The molecule has 0 bridgehead atoms. The standard InChI is InChI=1S/C24H25NO5/c1-4-16-12-24(28)30-22-13-19(9-10-20(16)22)29-14-21(26)17-5-7-18(8-6-17)25-23(27)11-15(2)3/h5-10,12-13,15H,4,11,14H2,1-3H3,(H,25,27). The molecule has 0 unspecified atom stereocenters. The molecule has 0 atom stereocenters. The second-order valence-corrected chi connectivity index (χ2v) is 7.54. The van der Waals surface area contributed by atoms with Gasteiger partial charge in [0.15, 0.2) is 12.4 Å². The number of carbonyl (C=O) groups excluding carboxylic acids is 2. The number of Topliss-reactive ketones (excluding diaryl/α,β-unsaturated/α-hetero) is 1. The quantitative estimate of drug-likeness (QED) is 0.436. The summed E-state index contributed by atoms with van der Waals surface area (Å²) >= 11 is 0. The highest BCUT2D eigenvalue weighted by Crippen LogP contribution is 2.23. The maximum absolute atomic E-state index is 12.4. The number of rotatable bonds is 8. The van der Waals surface area contributed by atoms with Crippen LogP contribution in [-0.2, 0) is 11.2 Å². The lowest BCUT2D eigenvalue weighted by Crippen LogP contribution is -2.14. The average molecular weight is 407 g/mol.